The molecule has 2 aromatic carbocycles. The van der Waals surface area contributed by atoms with Gasteiger partial charge in [-0.2, -0.15) is 0 Å². The Morgan fingerprint density at radius 3 is 2.24 bits per heavy atom. The lowest BCUT2D eigenvalue weighted by atomic mass is 9.98. The van der Waals surface area contributed by atoms with Crippen LogP contribution in [-0.2, 0) is 4.79 Å². The van der Waals surface area contributed by atoms with E-state index in [1.807, 2.05) is 6.92 Å². The van der Waals surface area contributed by atoms with Gasteiger partial charge in [0.15, 0.2) is 0 Å². The quantitative estimate of drug-likeness (QED) is 0.486. The molecule has 0 saturated carbocycles. The Morgan fingerprint density at radius 1 is 0.966 bits per heavy atom. The third-order valence-corrected chi connectivity index (χ3v) is 4.44. The van der Waals surface area contributed by atoms with Gasteiger partial charge in [-0.25, -0.2) is 0 Å². The third-order valence-electron chi connectivity index (χ3n) is 4.44. The van der Waals surface area contributed by atoms with Crippen molar-refractivity contribution in [2.75, 3.05) is 0 Å². The van der Waals surface area contributed by atoms with Crippen molar-refractivity contribution in [1.82, 2.24) is 16.2 Å². The molecule has 3 amide bonds. The van der Waals surface area contributed by atoms with Crippen LogP contribution in [0.15, 0.2) is 54.6 Å². The van der Waals surface area contributed by atoms with Crippen LogP contribution in [0, 0.1) is 16.0 Å². The lowest BCUT2D eigenvalue weighted by Gasteiger charge is -2.23. The van der Waals surface area contributed by atoms with Crippen molar-refractivity contribution in [2.24, 2.45) is 5.92 Å². The summed E-state index contributed by atoms with van der Waals surface area (Å²) in [6, 6.07) is 12.7. The highest BCUT2D eigenvalue weighted by Crippen LogP contribution is 2.13. The van der Waals surface area contributed by atoms with Crippen LogP contribution in [0.25, 0.3) is 0 Å². The van der Waals surface area contributed by atoms with Crippen LogP contribution >= 0.6 is 0 Å². The van der Waals surface area contributed by atoms with Gasteiger partial charge in [0.05, 0.1) is 4.92 Å². The van der Waals surface area contributed by atoms with Gasteiger partial charge in [-0.05, 0) is 24.1 Å². The smallest absolute Gasteiger partial charge is 0.270 e. The van der Waals surface area contributed by atoms with Crippen molar-refractivity contribution in [3.63, 3.8) is 0 Å². The summed E-state index contributed by atoms with van der Waals surface area (Å²) in [7, 11) is 0. The molecule has 29 heavy (non-hydrogen) atoms. The summed E-state index contributed by atoms with van der Waals surface area (Å²) in [5.74, 6) is -1.91. The molecular formula is C20H22N4O5. The Labute approximate surface area is 167 Å². The van der Waals surface area contributed by atoms with Crippen LogP contribution in [0.2, 0.25) is 0 Å². The van der Waals surface area contributed by atoms with Gasteiger partial charge in [0.25, 0.3) is 23.4 Å². The standard InChI is InChI=1S/C20H22N4O5/c1-3-13(2)17(21-18(25)14-8-5-4-6-9-14)20(27)23-22-19(26)15-10-7-11-16(12-15)24(28)29/h4-13,17H,3H2,1-2H3,(H,21,25)(H,22,26)(H,23,27)/t13-,17-/m0/s1. The van der Waals surface area contributed by atoms with Crippen molar-refractivity contribution >= 4 is 23.4 Å². The van der Waals surface area contributed by atoms with Crippen molar-refractivity contribution < 1.29 is 19.3 Å². The van der Waals surface area contributed by atoms with E-state index in [4.69, 9.17) is 0 Å². The highest BCUT2D eigenvalue weighted by atomic mass is 16.6. The maximum Gasteiger partial charge on any atom is 0.270 e. The van der Waals surface area contributed by atoms with E-state index in [2.05, 4.69) is 16.2 Å². The van der Waals surface area contributed by atoms with Gasteiger partial charge in [0.1, 0.15) is 6.04 Å². The van der Waals surface area contributed by atoms with Crippen LogP contribution in [0.3, 0.4) is 0 Å². The van der Waals surface area contributed by atoms with Gasteiger partial charge >= 0.3 is 0 Å². The number of hydrogen-bond donors (Lipinski definition) is 3. The Bertz CT molecular complexity index is 901. The Morgan fingerprint density at radius 2 is 1.62 bits per heavy atom. The van der Waals surface area contributed by atoms with Gasteiger partial charge in [0.2, 0.25) is 0 Å². The SMILES string of the molecule is CC[C@H](C)[C@H](NC(=O)c1ccccc1)C(=O)NNC(=O)c1cccc([N+](=O)[O-])c1. The first-order chi connectivity index (χ1) is 13.8. The van der Waals surface area contributed by atoms with E-state index in [1.165, 1.54) is 18.2 Å². The average Bonchev–Trinajstić information content (AvgIpc) is 2.75. The lowest BCUT2D eigenvalue weighted by Crippen LogP contribution is -2.54. The molecule has 9 nitrogen and oxygen atoms in total. The molecule has 0 bridgehead atoms. The van der Waals surface area contributed by atoms with E-state index < -0.39 is 28.7 Å². The molecule has 2 rings (SSSR count). The highest BCUT2D eigenvalue weighted by molar-refractivity contribution is 5.99. The highest BCUT2D eigenvalue weighted by Gasteiger charge is 2.26. The minimum atomic E-state index is -0.877. The molecule has 0 radical (unpaired) electrons. The van der Waals surface area contributed by atoms with Crippen LogP contribution in [0.5, 0.6) is 0 Å². The monoisotopic (exact) mass is 398 g/mol. The zero-order valence-corrected chi connectivity index (χ0v) is 16.0. The molecule has 0 aliphatic heterocycles. The topological polar surface area (TPSA) is 130 Å². The van der Waals surface area contributed by atoms with Crippen LogP contribution in [0.1, 0.15) is 41.0 Å². The van der Waals surface area contributed by atoms with Crippen molar-refractivity contribution in [1.29, 1.82) is 0 Å². The predicted molar refractivity (Wildman–Crippen MR) is 106 cm³/mol. The first-order valence-electron chi connectivity index (χ1n) is 9.04. The Kier molecular flexibility index (Phi) is 7.41. The van der Waals surface area contributed by atoms with Crippen molar-refractivity contribution in [2.45, 2.75) is 26.3 Å². The second kappa shape index (κ2) is 9.98. The molecule has 0 aliphatic rings. The van der Waals surface area contributed by atoms with E-state index >= 15 is 0 Å². The summed E-state index contributed by atoms with van der Waals surface area (Å²) in [6.45, 7) is 3.68. The number of carbonyl (C=O) groups excluding carboxylic acids is 3. The van der Waals surface area contributed by atoms with Crippen molar-refractivity contribution in [3.05, 3.63) is 75.8 Å². The van der Waals surface area contributed by atoms with Gasteiger partial charge in [-0.15, -0.1) is 0 Å². The minimum Gasteiger partial charge on any atom is -0.340 e. The largest absolute Gasteiger partial charge is 0.340 e. The molecule has 2 atom stereocenters. The van der Waals surface area contributed by atoms with Crippen LogP contribution < -0.4 is 16.2 Å². The summed E-state index contributed by atoms with van der Waals surface area (Å²) in [6.07, 6.45) is 0.617. The van der Waals surface area contributed by atoms with Crippen LogP contribution in [0.4, 0.5) is 5.69 Å². The number of rotatable bonds is 7. The number of benzene rings is 2. The van der Waals surface area contributed by atoms with Crippen LogP contribution in [-0.4, -0.2) is 28.7 Å². The molecule has 0 spiro atoms. The van der Waals surface area contributed by atoms with Crippen molar-refractivity contribution in [3.8, 4) is 0 Å². The summed E-state index contributed by atoms with van der Waals surface area (Å²) in [5.41, 5.74) is 4.70. The summed E-state index contributed by atoms with van der Waals surface area (Å²) in [4.78, 5) is 47.4. The second-order valence-electron chi connectivity index (χ2n) is 6.45. The number of hydrogen-bond acceptors (Lipinski definition) is 5. The number of non-ortho nitro benzene ring substituents is 1. The third kappa shape index (κ3) is 5.86. The van der Waals surface area contributed by atoms with E-state index in [0.29, 0.717) is 12.0 Å². The molecule has 0 unspecified atom stereocenters. The molecule has 152 valence electrons. The summed E-state index contributed by atoms with van der Waals surface area (Å²) >= 11 is 0. The molecule has 2 aromatic rings. The van der Waals surface area contributed by atoms with E-state index in [1.54, 1.807) is 37.3 Å². The molecule has 0 aliphatic carbocycles. The fourth-order valence-electron chi connectivity index (χ4n) is 2.55. The van der Waals surface area contributed by atoms with E-state index in [0.717, 1.165) is 6.07 Å². The average molecular weight is 398 g/mol. The zero-order chi connectivity index (χ0) is 21.4. The fourth-order valence-corrected chi connectivity index (χ4v) is 2.55. The Hall–Kier alpha value is -3.75. The first kappa shape index (κ1) is 21.5. The first-order valence-corrected chi connectivity index (χ1v) is 9.04. The number of amides is 3. The summed E-state index contributed by atoms with van der Waals surface area (Å²) < 4.78 is 0. The zero-order valence-electron chi connectivity index (χ0n) is 16.0. The van der Waals surface area contributed by atoms with Gasteiger partial charge < -0.3 is 5.32 Å². The molecule has 0 fully saturated rings. The number of nitro benzene ring substituents is 1. The maximum absolute atomic E-state index is 12.6. The predicted octanol–water partition coefficient (Wildman–Crippen LogP) is 2.20. The molecule has 0 heterocycles. The number of hydrazine groups is 1. The maximum atomic E-state index is 12.6. The molecule has 0 aromatic heterocycles. The molecular weight excluding hydrogens is 376 g/mol. The van der Waals surface area contributed by atoms with Gasteiger partial charge in [-0.3, -0.25) is 35.3 Å². The molecule has 3 N–H and O–H groups in total. The number of carbonyl (C=O) groups is 3. The number of nitrogens with zero attached hydrogens (tertiary/aromatic N) is 1. The lowest BCUT2D eigenvalue weighted by molar-refractivity contribution is -0.384. The van der Waals surface area contributed by atoms with Gasteiger partial charge in [0, 0.05) is 23.3 Å². The van der Waals surface area contributed by atoms with Gasteiger partial charge in [-0.1, -0.05) is 44.5 Å². The molecule has 9 heteroatoms. The number of nitro groups is 1. The second-order valence-corrected chi connectivity index (χ2v) is 6.45. The Balaban J connectivity index is 2.04. The summed E-state index contributed by atoms with van der Waals surface area (Å²) in [5, 5.41) is 13.5. The van der Waals surface area contributed by atoms with E-state index in [9.17, 15) is 24.5 Å². The van der Waals surface area contributed by atoms with E-state index in [-0.39, 0.29) is 17.2 Å². The minimum absolute atomic E-state index is 0.0212. The number of nitrogens with one attached hydrogen (secondary N) is 3. The normalized spacial score (nSPS) is 12.3. The fraction of sp³-hybridized carbons (Fsp3) is 0.250. The molecule has 0 saturated heterocycles.